The third-order valence-electron chi connectivity index (χ3n) is 2.90. The van der Waals surface area contributed by atoms with E-state index < -0.39 is 5.91 Å². The molecule has 0 atom stereocenters. The zero-order valence-corrected chi connectivity index (χ0v) is 10.8. The SMILES string of the molecule is Cl.NC(=O)c1cccc2ccn(-c3cccnc3)c12. The summed E-state index contributed by atoms with van der Waals surface area (Å²) in [6.45, 7) is 0. The second-order valence-electron chi connectivity index (χ2n) is 4.00. The van der Waals surface area contributed by atoms with Crippen LogP contribution in [0.2, 0.25) is 0 Å². The van der Waals surface area contributed by atoms with E-state index in [1.165, 1.54) is 0 Å². The van der Waals surface area contributed by atoms with Crippen molar-refractivity contribution >= 4 is 29.2 Å². The van der Waals surface area contributed by atoms with Crippen molar-refractivity contribution in [1.29, 1.82) is 0 Å². The lowest BCUT2D eigenvalue weighted by molar-refractivity contribution is 0.100. The van der Waals surface area contributed by atoms with Gasteiger partial charge in [0.2, 0.25) is 0 Å². The van der Waals surface area contributed by atoms with Crippen molar-refractivity contribution in [3.63, 3.8) is 0 Å². The molecule has 0 aliphatic carbocycles. The number of fused-ring (bicyclic) bond motifs is 1. The number of pyridine rings is 1. The van der Waals surface area contributed by atoms with Gasteiger partial charge in [-0.2, -0.15) is 0 Å². The maximum atomic E-state index is 11.5. The molecule has 4 nitrogen and oxygen atoms in total. The minimum atomic E-state index is -0.426. The second-order valence-corrected chi connectivity index (χ2v) is 4.00. The van der Waals surface area contributed by atoms with Gasteiger partial charge in [-0.25, -0.2) is 0 Å². The van der Waals surface area contributed by atoms with Crippen molar-refractivity contribution in [3.05, 3.63) is 60.6 Å². The molecule has 1 amide bonds. The molecule has 0 spiro atoms. The van der Waals surface area contributed by atoms with Gasteiger partial charge in [-0.15, -0.1) is 12.4 Å². The highest BCUT2D eigenvalue weighted by Crippen LogP contribution is 2.23. The number of nitrogens with two attached hydrogens (primary N) is 1. The molecule has 96 valence electrons. The van der Waals surface area contributed by atoms with Crippen LogP contribution >= 0.6 is 12.4 Å². The Labute approximate surface area is 116 Å². The van der Waals surface area contributed by atoms with E-state index in [4.69, 9.17) is 5.73 Å². The zero-order chi connectivity index (χ0) is 12.5. The summed E-state index contributed by atoms with van der Waals surface area (Å²) in [6, 6.07) is 11.3. The topological polar surface area (TPSA) is 60.9 Å². The Balaban J connectivity index is 0.00000133. The first kappa shape index (κ1) is 13.1. The minimum Gasteiger partial charge on any atom is -0.366 e. The van der Waals surface area contributed by atoms with Gasteiger partial charge in [0, 0.05) is 17.8 Å². The van der Waals surface area contributed by atoms with Crippen LogP contribution in [0.3, 0.4) is 0 Å². The van der Waals surface area contributed by atoms with E-state index in [1.54, 1.807) is 18.5 Å². The molecule has 3 aromatic rings. The fourth-order valence-electron chi connectivity index (χ4n) is 2.10. The molecule has 2 heterocycles. The van der Waals surface area contributed by atoms with Crippen molar-refractivity contribution in [2.45, 2.75) is 0 Å². The minimum absolute atomic E-state index is 0. The predicted molar refractivity (Wildman–Crippen MR) is 76.8 cm³/mol. The van der Waals surface area contributed by atoms with Gasteiger partial charge in [0.25, 0.3) is 5.91 Å². The van der Waals surface area contributed by atoms with Crippen LogP contribution in [-0.4, -0.2) is 15.5 Å². The van der Waals surface area contributed by atoms with Crippen LogP contribution < -0.4 is 5.73 Å². The van der Waals surface area contributed by atoms with Crippen LogP contribution in [0.5, 0.6) is 0 Å². The Kier molecular flexibility index (Phi) is 3.53. The highest BCUT2D eigenvalue weighted by molar-refractivity contribution is 6.05. The largest absolute Gasteiger partial charge is 0.366 e. The highest BCUT2D eigenvalue weighted by atomic mass is 35.5. The second kappa shape index (κ2) is 5.12. The quantitative estimate of drug-likeness (QED) is 0.780. The van der Waals surface area contributed by atoms with Crippen LogP contribution in [0.25, 0.3) is 16.6 Å². The number of carbonyl (C=O) groups is 1. The van der Waals surface area contributed by atoms with Crippen molar-refractivity contribution < 1.29 is 4.79 Å². The summed E-state index contributed by atoms with van der Waals surface area (Å²) in [7, 11) is 0. The van der Waals surface area contributed by atoms with Gasteiger partial charge in [0.15, 0.2) is 0 Å². The number of para-hydroxylation sites is 1. The lowest BCUT2D eigenvalue weighted by Crippen LogP contribution is -2.12. The fraction of sp³-hybridized carbons (Fsp3) is 0. The average molecular weight is 274 g/mol. The van der Waals surface area contributed by atoms with Crippen LogP contribution in [0, 0.1) is 0 Å². The molecule has 0 unspecified atom stereocenters. The molecule has 1 aromatic carbocycles. The zero-order valence-electron chi connectivity index (χ0n) is 9.98. The molecule has 0 bridgehead atoms. The standard InChI is InChI=1S/C14H11N3O.ClH/c15-14(18)12-5-1-3-10-6-8-17(13(10)12)11-4-2-7-16-9-11;/h1-9H,(H2,15,18);1H. The number of benzene rings is 1. The molecule has 3 rings (SSSR count). The molecule has 0 fully saturated rings. The Morgan fingerprint density at radius 3 is 2.68 bits per heavy atom. The van der Waals surface area contributed by atoms with Crippen LogP contribution in [-0.2, 0) is 0 Å². The fourth-order valence-corrected chi connectivity index (χ4v) is 2.10. The highest BCUT2D eigenvalue weighted by Gasteiger charge is 2.11. The number of primary amides is 1. The van der Waals surface area contributed by atoms with Crippen molar-refractivity contribution in [2.24, 2.45) is 5.73 Å². The van der Waals surface area contributed by atoms with E-state index >= 15 is 0 Å². The number of rotatable bonds is 2. The van der Waals surface area contributed by atoms with Crippen molar-refractivity contribution in [2.75, 3.05) is 0 Å². The number of hydrogen-bond donors (Lipinski definition) is 1. The Morgan fingerprint density at radius 2 is 2.00 bits per heavy atom. The third kappa shape index (κ3) is 2.18. The first-order valence-electron chi connectivity index (χ1n) is 5.57. The summed E-state index contributed by atoms with van der Waals surface area (Å²) in [6.07, 6.45) is 5.37. The van der Waals surface area contributed by atoms with Crippen molar-refractivity contribution in [1.82, 2.24) is 9.55 Å². The maximum absolute atomic E-state index is 11.5. The number of hydrogen-bond acceptors (Lipinski definition) is 2. The lowest BCUT2D eigenvalue weighted by atomic mass is 10.1. The smallest absolute Gasteiger partial charge is 0.250 e. The molecule has 19 heavy (non-hydrogen) atoms. The van der Waals surface area contributed by atoms with Gasteiger partial charge >= 0.3 is 0 Å². The van der Waals surface area contributed by atoms with E-state index in [0.29, 0.717) is 5.56 Å². The molecule has 2 N–H and O–H groups in total. The third-order valence-corrected chi connectivity index (χ3v) is 2.90. The number of halogens is 1. The van der Waals surface area contributed by atoms with E-state index in [1.807, 2.05) is 41.1 Å². The van der Waals surface area contributed by atoms with Gasteiger partial charge in [-0.1, -0.05) is 12.1 Å². The Bertz CT molecular complexity index is 722. The summed E-state index contributed by atoms with van der Waals surface area (Å²) in [5, 5.41) is 0.982. The van der Waals surface area contributed by atoms with Gasteiger partial charge in [0.1, 0.15) is 0 Å². The first-order chi connectivity index (χ1) is 8.77. The van der Waals surface area contributed by atoms with Gasteiger partial charge in [0.05, 0.1) is 23.0 Å². The summed E-state index contributed by atoms with van der Waals surface area (Å²) >= 11 is 0. The van der Waals surface area contributed by atoms with Gasteiger partial charge in [-0.3, -0.25) is 9.78 Å². The molecule has 0 radical (unpaired) electrons. The van der Waals surface area contributed by atoms with Crippen LogP contribution in [0.4, 0.5) is 0 Å². The Hall–Kier alpha value is -2.33. The molecular formula is C14H12ClN3O. The van der Waals surface area contributed by atoms with E-state index in [9.17, 15) is 4.79 Å². The summed E-state index contributed by atoms with van der Waals surface area (Å²) in [5.74, 6) is -0.426. The predicted octanol–water partition coefficient (Wildman–Crippen LogP) is 2.55. The molecule has 5 heteroatoms. The number of aromatic nitrogens is 2. The van der Waals surface area contributed by atoms with E-state index in [0.717, 1.165) is 16.6 Å². The average Bonchev–Trinajstić information content (AvgIpc) is 2.83. The van der Waals surface area contributed by atoms with Gasteiger partial charge in [-0.05, 0) is 24.3 Å². The van der Waals surface area contributed by atoms with Crippen LogP contribution in [0.15, 0.2) is 55.0 Å². The van der Waals surface area contributed by atoms with Gasteiger partial charge < -0.3 is 10.3 Å². The monoisotopic (exact) mass is 273 g/mol. The summed E-state index contributed by atoms with van der Waals surface area (Å²) in [4.78, 5) is 15.6. The molecule has 0 aliphatic rings. The molecule has 2 aromatic heterocycles. The Morgan fingerprint density at radius 1 is 1.16 bits per heavy atom. The first-order valence-corrected chi connectivity index (χ1v) is 5.57. The normalized spacial score (nSPS) is 10.1. The van der Waals surface area contributed by atoms with E-state index in [2.05, 4.69) is 4.98 Å². The number of carbonyl (C=O) groups excluding carboxylic acids is 1. The van der Waals surface area contributed by atoms with E-state index in [-0.39, 0.29) is 12.4 Å². The summed E-state index contributed by atoms with van der Waals surface area (Å²) in [5.41, 5.74) is 7.65. The van der Waals surface area contributed by atoms with Crippen LogP contribution in [0.1, 0.15) is 10.4 Å². The number of nitrogens with zero attached hydrogens (tertiary/aromatic N) is 2. The lowest BCUT2D eigenvalue weighted by Gasteiger charge is -2.07. The molecule has 0 saturated heterocycles. The molecule has 0 saturated carbocycles. The maximum Gasteiger partial charge on any atom is 0.250 e. The van der Waals surface area contributed by atoms with Crippen molar-refractivity contribution in [3.8, 4) is 5.69 Å². The summed E-state index contributed by atoms with van der Waals surface area (Å²) < 4.78 is 1.92. The molecule has 0 aliphatic heterocycles. The number of amides is 1. The molecular weight excluding hydrogens is 262 g/mol.